The number of nitrogens with zero attached hydrogens (tertiary/aromatic N) is 4. The number of hydrogen-bond acceptors (Lipinski definition) is 7. The molecule has 6 rings (SSSR count). The summed E-state index contributed by atoms with van der Waals surface area (Å²) >= 11 is 1.86. The second-order valence-electron chi connectivity index (χ2n) is 9.65. The Hall–Kier alpha value is -2.87. The summed E-state index contributed by atoms with van der Waals surface area (Å²) < 4.78 is 5.55. The van der Waals surface area contributed by atoms with E-state index in [0.29, 0.717) is 0 Å². The summed E-state index contributed by atoms with van der Waals surface area (Å²) in [5.41, 5.74) is 3.60. The van der Waals surface area contributed by atoms with E-state index in [-0.39, 0.29) is 6.04 Å². The van der Waals surface area contributed by atoms with Gasteiger partial charge in [-0.1, -0.05) is 43.3 Å². The van der Waals surface area contributed by atoms with Crippen LogP contribution in [-0.2, 0) is 24.1 Å². The summed E-state index contributed by atoms with van der Waals surface area (Å²) in [7, 11) is 0. The van der Waals surface area contributed by atoms with Crippen LogP contribution in [0, 0.1) is 5.92 Å². The molecule has 1 fully saturated rings. The number of hydrogen-bond donors (Lipinski definition) is 1. The van der Waals surface area contributed by atoms with Gasteiger partial charge in [-0.15, -0.1) is 11.3 Å². The largest absolute Gasteiger partial charge is 0.379 e. The van der Waals surface area contributed by atoms with Crippen molar-refractivity contribution in [3.8, 4) is 0 Å². The molecule has 180 valence electrons. The monoisotopic (exact) mass is 485 g/mol. The van der Waals surface area contributed by atoms with Gasteiger partial charge in [-0.25, -0.2) is 9.97 Å². The van der Waals surface area contributed by atoms with Gasteiger partial charge in [-0.3, -0.25) is 9.88 Å². The highest BCUT2D eigenvalue weighted by Crippen LogP contribution is 2.41. The van der Waals surface area contributed by atoms with E-state index in [1.165, 1.54) is 27.8 Å². The molecule has 0 saturated carbocycles. The van der Waals surface area contributed by atoms with E-state index in [2.05, 4.69) is 53.5 Å². The lowest BCUT2D eigenvalue weighted by molar-refractivity contribution is 0.0331. The van der Waals surface area contributed by atoms with Crippen LogP contribution in [-0.4, -0.2) is 46.2 Å². The maximum atomic E-state index is 5.55. The van der Waals surface area contributed by atoms with Crippen molar-refractivity contribution in [3.05, 3.63) is 82.3 Å². The second kappa shape index (κ2) is 10.0. The third-order valence-corrected chi connectivity index (χ3v) is 8.22. The van der Waals surface area contributed by atoms with Crippen LogP contribution >= 0.6 is 11.3 Å². The number of rotatable bonds is 6. The number of aromatic nitrogens is 3. The first-order chi connectivity index (χ1) is 17.2. The number of nitrogens with one attached hydrogen (secondary N) is 1. The molecule has 3 aromatic heterocycles. The van der Waals surface area contributed by atoms with Crippen LogP contribution in [0.5, 0.6) is 0 Å². The van der Waals surface area contributed by atoms with Gasteiger partial charge in [0.05, 0.1) is 36.9 Å². The summed E-state index contributed by atoms with van der Waals surface area (Å²) in [6, 6.07) is 16.5. The van der Waals surface area contributed by atoms with Gasteiger partial charge in [-0.2, -0.15) is 0 Å². The van der Waals surface area contributed by atoms with Crippen LogP contribution in [0.25, 0.3) is 10.2 Å². The highest BCUT2D eigenvalue weighted by molar-refractivity contribution is 7.19. The maximum absolute atomic E-state index is 5.55. The Bertz CT molecular complexity index is 1250. The molecule has 1 N–H and O–H groups in total. The fourth-order valence-electron chi connectivity index (χ4n) is 5.18. The molecule has 7 heteroatoms. The summed E-state index contributed by atoms with van der Waals surface area (Å²) in [5.74, 6) is 2.53. The molecular weight excluding hydrogens is 454 g/mol. The van der Waals surface area contributed by atoms with Crippen LogP contribution in [0.2, 0.25) is 0 Å². The second-order valence-corrected chi connectivity index (χ2v) is 10.7. The quantitative estimate of drug-likeness (QED) is 0.403. The van der Waals surface area contributed by atoms with Crippen molar-refractivity contribution in [2.24, 2.45) is 5.92 Å². The molecule has 0 unspecified atom stereocenters. The highest BCUT2D eigenvalue weighted by Gasteiger charge is 2.26. The zero-order valence-corrected chi connectivity index (χ0v) is 20.9. The summed E-state index contributed by atoms with van der Waals surface area (Å²) in [5, 5.41) is 5.04. The molecule has 0 spiro atoms. The van der Waals surface area contributed by atoms with Gasteiger partial charge < -0.3 is 10.1 Å². The van der Waals surface area contributed by atoms with Crippen LogP contribution in [0.4, 0.5) is 5.82 Å². The first-order valence-corrected chi connectivity index (χ1v) is 13.4. The molecule has 1 saturated heterocycles. The zero-order valence-electron chi connectivity index (χ0n) is 20.1. The Kier molecular flexibility index (Phi) is 6.46. The van der Waals surface area contributed by atoms with E-state index in [9.17, 15) is 0 Å². The van der Waals surface area contributed by atoms with Crippen molar-refractivity contribution in [2.75, 3.05) is 31.6 Å². The van der Waals surface area contributed by atoms with E-state index >= 15 is 0 Å². The number of anilines is 1. The minimum absolute atomic E-state index is 0.0928. The topological polar surface area (TPSA) is 63.2 Å². The molecule has 0 amide bonds. The van der Waals surface area contributed by atoms with Gasteiger partial charge in [0.25, 0.3) is 0 Å². The molecule has 0 bridgehead atoms. The SMILES string of the molecule is C[C@H]1CCc2c(sc3nc(CN4CCOCC4)nc(N[C@H](c4ccccc4)c4ccccn4)c23)C1. The molecule has 1 aliphatic heterocycles. The lowest BCUT2D eigenvalue weighted by Gasteiger charge is -2.26. The normalized spacial score (nSPS) is 19.4. The van der Waals surface area contributed by atoms with E-state index in [4.69, 9.17) is 19.7 Å². The smallest absolute Gasteiger partial charge is 0.146 e. The Morgan fingerprint density at radius 3 is 2.71 bits per heavy atom. The van der Waals surface area contributed by atoms with Gasteiger partial charge in [0.2, 0.25) is 0 Å². The highest BCUT2D eigenvalue weighted by atomic mass is 32.1. The first kappa shape index (κ1) is 22.6. The predicted molar refractivity (Wildman–Crippen MR) is 141 cm³/mol. The first-order valence-electron chi connectivity index (χ1n) is 12.6. The van der Waals surface area contributed by atoms with Crippen molar-refractivity contribution in [2.45, 2.75) is 38.8 Å². The van der Waals surface area contributed by atoms with E-state index in [0.717, 1.165) is 73.8 Å². The molecule has 1 aliphatic carbocycles. The Morgan fingerprint density at radius 1 is 1.09 bits per heavy atom. The van der Waals surface area contributed by atoms with Crippen LogP contribution in [0.3, 0.4) is 0 Å². The molecule has 0 radical (unpaired) electrons. The maximum Gasteiger partial charge on any atom is 0.146 e. The number of thiophene rings is 1. The lowest BCUT2D eigenvalue weighted by atomic mass is 9.89. The molecular formula is C28H31N5OS. The van der Waals surface area contributed by atoms with Crippen molar-refractivity contribution in [1.29, 1.82) is 0 Å². The zero-order chi connectivity index (χ0) is 23.6. The molecule has 6 nitrogen and oxygen atoms in total. The molecule has 4 aromatic rings. The number of benzene rings is 1. The minimum Gasteiger partial charge on any atom is -0.379 e. The number of morpholine rings is 1. The average molecular weight is 486 g/mol. The molecule has 1 aromatic carbocycles. The minimum atomic E-state index is -0.0928. The van der Waals surface area contributed by atoms with Crippen LogP contribution in [0.1, 0.15) is 46.9 Å². The van der Waals surface area contributed by atoms with E-state index in [1.807, 2.05) is 29.7 Å². The van der Waals surface area contributed by atoms with Gasteiger partial charge in [-0.05, 0) is 48.4 Å². The third-order valence-electron chi connectivity index (χ3n) is 7.07. The van der Waals surface area contributed by atoms with E-state index < -0.39 is 0 Å². The van der Waals surface area contributed by atoms with Crippen LogP contribution < -0.4 is 5.32 Å². The summed E-state index contributed by atoms with van der Waals surface area (Å²) in [4.78, 5) is 19.9. The van der Waals surface area contributed by atoms with Crippen LogP contribution in [0.15, 0.2) is 54.7 Å². The Labute approximate surface area is 210 Å². The number of fused-ring (bicyclic) bond motifs is 3. The Morgan fingerprint density at radius 2 is 1.91 bits per heavy atom. The average Bonchev–Trinajstić information content (AvgIpc) is 3.26. The lowest BCUT2D eigenvalue weighted by Crippen LogP contribution is -2.36. The molecule has 4 heterocycles. The van der Waals surface area contributed by atoms with Crippen molar-refractivity contribution < 1.29 is 4.74 Å². The molecule has 35 heavy (non-hydrogen) atoms. The van der Waals surface area contributed by atoms with Gasteiger partial charge >= 0.3 is 0 Å². The number of aryl methyl sites for hydroxylation is 1. The number of pyridine rings is 1. The van der Waals surface area contributed by atoms with Gasteiger partial charge in [0.1, 0.15) is 16.5 Å². The van der Waals surface area contributed by atoms with Crippen molar-refractivity contribution >= 4 is 27.4 Å². The summed E-state index contributed by atoms with van der Waals surface area (Å²) in [6.07, 6.45) is 5.31. The standard InChI is InChI=1S/C28H31N5OS/c1-19-10-11-21-23(17-19)35-28-25(21)27(30-24(31-28)18-33-13-15-34-16-14-33)32-26(20-7-3-2-4-8-20)22-9-5-6-12-29-22/h2-9,12,19,26H,10-11,13-18H2,1H3,(H,30,31,32)/t19-,26+/m0/s1. The Balaban J connectivity index is 1.45. The van der Waals surface area contributed by atoms with Crippen molar-refractivity contribution in [1.82, 2.24) is 19.9 Å². The van der Waals surface area contributed by atoms with Gasteiger partial charge in [0, 0.05) is 24.2 Å². The summed E-state index contributed by atoms with van der Waals surface area (Å²) in [6.45, 7) is 6.48. The molecule has 2 atom stereocenters. The number of ether oxygens (including phenoxy) is 1. The fraction of sp³-hybridized carbons (Fsp3) is 0.393. The third kappa shape index (κ3) is 4.81. The molecule has 2 aliphatic rings. The predicted octanol–water partition coefficient (Wildman–Crippen LogP) is 5.24. The van der Waals surface area contributed by atoms with Gasteiger partial charge in [0.15, 0.2) is 0 Å². The van der Waals surface area contributed by atoms with Crippen molar-refractivity contribution in [3.63, 3.8) is 0 Å². The van der Waals surface area contributed by atoms with E-state index in [1.54, 1.807) is 0 Å². The fourth-order valence-corrected chi connectivity index (χ4v) is 6.58.